The Morgan fingerprint density at radius 2 is 2.09 bits per heavy atom. The van der Waals surface area contributed by atoms with Gasteiger partial charge in [0.05, 0.1) is 12.7 Å². The molecule has 22 heavy (non-hydrogen) atoms. The molecular weight excluding hydrogens is 276 g/mol. The molecule has 2 N–H and O–H groups in total. The number of nitrogens with zero attached hydrogens (tertiary/aromatic N) is 2. The van der Waals surface area contributed by atoms with Crippen LogP contribution in [-0.4, -0.2) is 54.4 Å². The fraction of sp³-hybridized carbons (Fsp3) is 0.667. The normalized spacial score (nSPS) is 16.0. The van der Waals surface area contributed by atoms with Gasteiger partial charge in [-0.15, -0.1) is 0 Å². The molecule has 0 fully saturated rings. The van der Waals surface area contributed by atoms with E-state index in [0.717, 1.165) is 38.2 Å². The van der Waals surface area contributed by atoms with E-state index in [9.17, 15) is 5.11 Å². The number of anilines is 1. The van der Waals surface area contributed by atoms with E-state index >= 15 is 0 Å². The largest absolute Gasteiger partial charge is 0.395 e. The molecule has 0 radical (unpaired) electrons. The zero-order valence-electron chi connectivity index (χ0n) is 14.0. The molecule has 0 saturated carbocycles. The van der Waals surface area contributed by atoms with Crippen LogP contribution in [0, 0.1) is 0 Å². The van der Waals surface area contributed by atoms with Gasteiger partial charge in [-0.25, -0.2) is 0 Å². The van der Waals surface area contributed by atoms with Gasteiger partial charge in [0.15, 0.2) is 0 Å². The highest BCUT2D eigenvalue weighted by atomic mass is 16.3. The molecule has 1 aromatic rings. The van der Waals surface area contributed by atoms with Gasteiger partial charge < -0.3 is 20.0 Å². The summed E-state index contributed by atoms with van der Waals surface area (Å²) in [6, 6.07) is 6.42. The Kier molecular flexibility index (Phi) is 6.68. The molecule has 1 atom stereocenters. The third-order valence-corrected chi connectivity index (χ3v) is 4.67. The van der Waals surface area contributed by atoms with Gasteiger partial charge in [-0.2, -0.15) is 0 Å². The second-order valence-corrected chi connectivity index (χ2v) is 6.03. The quantitative estimate of drug-likeness (QED) is 0.773. The SMILES string of the molecule is CCN(CCO)CCC(O)c1ccc2c(c1)CCCN2CC. The minimum Gasteiger partial charge on any atom is -0.395 e. The number of benzene rings is 1. The minimum atomic E-state index is -0.421. The van der Waals surface area contributed by atoms with E-state index in [4.69, 9.17) is 5.11 Å². The Balaban J connectivity index is 2.00. The van der Waals surface area contributed by atoms with Crippen LogP contribution in [0.25, 0.3) is 0 Å². The number of aliphatic hydroxyl groups is 2. The van der Waals surface area contributed by atoms with Crippen molar-refractivity contribution in [1.29, 1.82) is 0 Å². The van der Waals surface area contributed by atoms with Crippen LogP contribution in [-0.2, 0) is 6.42 Å². The van der Waals surface area contributed by atoms with E-state index in [1.807, 2.05) is 0 Å². The second-order valence-electron chi connectivity index (χ2n) is 6.03. The smallest absolute Gasteiger partial charge is 0.0802 e. The first-order valence-corrected chi connectivity index (χ1v) is 8.58. The number of aliphatic hydroxyl groups excluding tert-OH is 2. The molecule has 1 unspecified atom stereocenters. The van der Waals surface area contributed by atoms with Crippen molar-refractivity contribution < 1.29 is 10.2 Å². The summed E-state index contributed by atoms with van der Waals surface area (Å²) in [7, 11) is 0. The predicted molar refractivity (Wildman–Crippen MR) is 91.4 cm³/mol. The Labute approximate surface area is 134 Å². The van der Waals surface area contributed by atoms with Gasteiger partial charge in [-0.05, 0) is 49.9 Å². The molecule has 0 amide bonds. The van der Waals surface area contributed by atoms with Crippen molar-refractivity contribution in [2.75, 3.05) is 44.2 Å². The highest BCUT2D eigenvalue weighted by molar-refractivity contribution is 5.57. The van der Waals surface area contributed by atoms with Crippen molar-refractivity contribution in [2.45, 2.75) is 39.2 Å². The van der Waals surface area contributed by atoms with Crippen LogP contribution >= 0.6 is 0 Å². The summed E-state index contributed by atoms with van der Waals surface area (Å²) in [6.45, 7) is 9.03. The zero-order chi connectivity index (χ0) is 15.9. The van der Waals surface area contributed by atoms with Crippen molar-refractivity contribution in [1.82, 2.24) is 4.90 Å². The summed E-state index contributed by atoms with van der Waals surface area (Å²) >= 11 is 0. The second kappa shape index (κ2) is 8.51. The summed E-state index contributed by atoms with van der Waals surface area (Å²) in [4.78, 5) is 4.58. The third-order valence-electron chi connectivity index (χ3n) is 4.67. The van der Waals surface area contributed by atoms with Crippen molar-refractivity contribution >= 4 is 5.69 Å². The molecule has 0 aliphatic carbocycles. The number of fused-ring (bicyclic) bond motifs is 1. The van der Waals surface area contributed by atoms with Crippen molar-refractivity contribution in [3.05, 3.63) is 29.3 Å². The Bertz CT molecular complexity index is 464. The van der Waals surface area contributed by atoms with Crippen LogP contribution in [0.5, 0.6) is 0 Å². The van der Waals surface area contributed by atoms with Gasteiger partial charge in [0.25, 0.3) is 0 Å². The Morgan fingerprint density at radius 1 is 1.27 bits per heavy atom. The maximum Gasteiger partial charge on any atom is 0.0802 e. The minimum absolute atomic E-state index is 0.176. The number of hydrogen-bond donors (Lipinski definition) is 2. The summed E-state index contributed by atoms with van der Waals surface area (Å²) in [6.07, 6.45) is 2.60. The Hall–Kier alpha value is -1.10. The molecule has 0 aromatic heterocycles. The van der Waals surface area contributed by atoms with Crippen molar-refractivity contribution in [2.24, 2.45) is 0 Å². The molecule has 1 heterocycles. The molecule has 1 aliphatic heterocycles. The lowest BCUT2D eigenvalue weighted by Crippen LogP contribution is -2.29. The first-order chi connectivity index (χ1) is 10.7. The van der Waals surface area contributed by atoms with Crippen LogP contribution in [0.3, 0.4) is 0 Å². The fourth-order valence-electron chi connectivity index (χ4n) is 3.27. The van der Waals surface area contributed by atoms with Crippen LogP contribution in [0.2, 0.25) is 0 Å². The van der Waals surface area contributed by atoms with E-state index in [-0.39, 0.29) is 6.61 Å². The van der Waals surface area contributed by atoms with Crippen LogP contribution < -0.4 is 4.90 Å². The number of aryl methyl sites for hydroxylation is 1. The van der Waals surface area contributed by atoms with E-state index in [2.05, 4.69) is 41.8 Å². The van der Waals surface area contributed by atoms with Crippen molar-refractivity contribution in [3.8, 4) is 0 Å². The molecule has 124 valence electrons. The van der Waals surface area contributed by atoms with Gasteiger partial charge in [0.2, 0.25) is 0 Å². The topological polar surface area (TPSA) is 46.9 Å². The number of hydrogen-bond acceptors (Lipinski definition) is 4. The molecule has 1 aliphatic rings. The highest BCUT2D eigenvalue weighted by Crippen LogP contribution is 2.30. The fourth-order valence-corrected chi connectivity index (χ4v) is 3.27. The molecule has 0 spiro atoms. The molecule has 4 nitrogen and oxygen atoms in total. The summed E-state index contributed by atoms with van der Waals surface area (Å²) in [5, 5.41) is 19.5. The van der Waals surface area contributed by atoms with Gasteiger partial charge in [-0.3, -0.25) is 0 Å². The average Bonchev–Trinajstić information content (AvgIpc) is 2.57. The molecule has 4 heteroatoms. The lowest BCUT2D eigenvalue weighted by atomic mass is 9.96. The zero-order valence-corrected chi connectivity index (χ0v) is 14.0. The molecule has 0 bridgehead atoms. The Morgan fingerprint density at radius 3 is 2.77 bits per heavy atom. The maximum absolute atomic E-state index is 10.5. The molecule has 0 saturated heterocycles. The van der Waals surface area contributed by atoms with E-state index in [1.165, 1.54) is 17.7 Å². The first kappa shape index (κ1) is 17.3. The molecular formula is C18H30N2O2. The predicted octanol–water partition coefficient (Wildman–Crippen LogP) is 2.20. The van der Waals surface area contributed by atoms with Gasteiger partial charge >= 0.3 is 0 Å². The third kappa shape index (κ3) is 4.22. The summed E-state index contributed by atoms with van der Waals surface area (Å²) in [5.74, 6) is 0. The van der Waals surface area contributed by atoms with Crippen molar-refractivity contribution in [3.63, 3.8) is 0 Å². The maximum atomic E-state index is 10.5. The first-order valence-electron chi connectivity index (χ1n) is 8.58. The summed E-state index contributed by atoms with van der Waals surface area (Å²) in [5.41, 5.74) is 3.73. The van der Waals surface area contributed by atoms with Crippen LogP contribution in [0.1, 0.15) is 43.9 Å². The number of rotatable bonds is 8. The van der Waals surface area contributed by atoms with Crippen LogP contribution in [0.15, 0.2) is 18.2 Å². The van der Waals surface area contributed by atoms with E-state index in [1.54, 1.807) is 0 Å². The lowest BCUT2D eigenvalue weighted by molar-refractivity contribution is 0.133. The highest BCUT2D eigenvalue weighted by Gasteiger charge is 2.18. The average molecular weight is 306 g/mol. The lowest BCUT2D eigenvalue weighted by Gasteiger charge is -2.31. The van der Waals surface area contributed by atoms with E-state index < -0.39 is 6.10 Å². The standard InChI is InChI=1S/C18H30N2O2/c1-3-19(12-13-21)11-9-18(22)16-7-8-17-15(14-16)6-5-10-20(17)4-2/h7-8,14,18,21-22H,3-6,9-13H2,1-2H3. The molecule has 2 rings (SSSR count). The monoisotopic (exact) mass is 306 g/mol. The van der Waals surface area contributed by atoms with Crippen LogP contribution in [0.4, 0.5) is 5.69 Å². The molecule has 1 aromatic carbocycles. The summed E-state index contributed by atoms with van der Waals surface area (Å²) < 4.78 is 0. The number of likely N-dealkylation sites (N-methyl/N-ethyl adjacent to an activating group) is 1. The van der Waals surface area contributed by atoms with Gasteiger partial charge in [0, 0.05) is 31.9 Å². The van der Waals surface area contributed by atoms with E-state index in [0.29, 0.717) is 13.0 Å². The van der Waals surface area contributed by atoms with Gasteiger partial charge in [-0.1, -0.05) is 19.1 Å². The van der Waals surface area contributed by atoms with Gasteiger partial charge in [0.1, 0.15) is 0 Å².